The van der Waals surface area contributed by atoms with Gasteiger partial charge >= 0.3 is 0 Å². The molecule has 1 aromatic carbocycles. The van der Waals surface area contributed by atoms with E-state index in [1.807, 2.05) is 25.1 Å². The monoisotopic (exact) mass is 279 g/mol. The van der Waals surface area contributed by atoms with Gasteiger partial charge in [0.1, 0.15) is 5.75 Å². The molecule has 106 valence electrons. The number of rotatable bonds is 5. The van der Waals surface area contributed by atoms with Crippen molar-refractivity contribution in [3.8, 4) is 16.9 Å². The van der Waals surface area contributed by atoms with E-state index in [4.69, 9.17) is 4.74 Å². The molecular formula is C14H15F2N3O. The Hall–Kier alpha value is -2.24. The minimum Gasteiger partial charge on any atom is -0.497 e. The SMILES string of the molecule is COc1ccc(-c2cnc(NCC(F)F)nc2)c(C)c1. The number of anilines is 1. The van der Waals surface area contributed by atoms with Crippen LogP contribution in [0.2, 0.25) is 0 Å². The fourth-order valence-electron chi connectivity index (χ4n) is 1.81. The molecule has 0 fully saturated rings. The first-order valence-corrected chi connectivity index (χ1v) is 6.09. The fraction of sp³-hybridized carbons (Fsp3) is 0.286. The Bertz CT molecular complexity index is 573. The normalized spacial score (nSPS) is 10.7. The molecule has 1 aromatic heterocycles. The predicted octanol–water partition coefficient (Wildman–Crippen LogP) is 3.14. The van der Waals surface area contributed by atoms with Gasteiger partial charge in [0.05, 0.1) is 13.7 Å². The number of halogens is 2. The molecule has 2 rings (SSSR count). The van der Waals surface area contributed by atoms with Crippen molar-refractivity contribution in [1.29, 1.82) is 0 Å². The minimum absolute atomic E-state index is 0.195. The lowest BCUT2D eigenvalue weighted by Gasteiger charge is -2.09. The van der Waals surface area contributed by atoms with Crippen molar-refractivity contribution >= 4 is 5.95 Å². The van der Waals surface area contributed by atoms with Gasteiger partial charge in [0.25, 0.3) is 6.43 Å². The van der Waals surface area contributed by atoms with E-state index in [0.29, 0.717) is 0 Å². The van der Waals surface area contributed by atoms with E-state index in [1.165, 1.54) is 0 Å². The first-order chi connectivity index (χ1) is 9.60. The van der Waals surface area contributed by atoms with Crippen LogP contribution in [0.25, 0.3) is 11.1 Å². The second-order valence-corrected chi connectivity index (χ2v) is 4.25. The molecule has 0 spiro atoms. The summed E-state index contributed by atoms with van der Waals surface area (Å²) in [4.78, 5) is 8.05. The van der Waals surface area contributed by atoms with Crippen LogP contribution < -0.4 is 10.1 Å². The van der Waals surface area contributed by atoms with Crippen LogP contribution in [0.15, 0.2) is 30.6 Å². The molecule has 0 radical (unpaired) electrons. The van der Waals surface area contributed by atoms with Crippen LogP contribution in [0, 0.1) is 6.92 Å². The summed E-state index contributed by atoms with van der Waals surface area (Å²) < 4.78 is 29.3. The minimum atomic E-state index is -2.43. The zero-order valence-electron chi connectivity index (χ0n) is 11.2. The number of alkyl halides is 2. The third-order valence-corrected chi connectivity index (χ3v) is 2.81. The fourth-order valence-corrected chi connectivity index (χ4v) is 1.81. The van der Waals surface area contributed by atoms with Gasteiger partial charge in [0.2, 0.25) is 5.95 Å². The molecule has 6 heteroatoms. The number of benzene rings is 1. The molecule has 0 amide bonds. The van der Waals surface area contributed by atoms with Gasteiger partial charge in [-0.15, -0.1) is 0 Å². The van der Waals surface area contributed by atoms with Gasteiger partial charge in [0, 0.05) is 18.0 Å². The first-order valence-electron chi connectivity index (χ1n) is 6.09. The lowest BCUT2D eigenvalue weighted by Crippen LogP contribution is -2.12. The van der Waals surface area contributed by atoms with E-state index < -0.39 is 13.0 Å². The Labute approximate surface area is 115 Å². The second kappa shape index (κ2) is 6.27. The summed E-state index contributed by atoms with van der Waals surface area (Å²) in [5, 5.41) is 2.46. The summed E-state index contributed by atoms with van der Waals surface area (Å²) in [6.45, 7) is 1.50. The zero-order valence-corrected chi connectivity index (χ0v) is 11.2. The lowest BCUT2D eigenvalue weighted by atomic mass is 10.0. The van der Waals surface area contributed by atoms with Crippen molar-refractivity contribution in [2.24, 2.45) is 0 Å². The van der Waals surface area contributed by atoms with Crippen LogP contribution in [0.5, 0.6) is 5.75 Å². The van der Waals surface area contributed by atoms with Crippen molar-refractivity contribution in [1.82, 2.24) is 9.97 Å². The van der Waals surface area contributed by atoms with Gasteiger partial charge in [-0.1, -0.05) is 6.07 Å². The summed E-state index contributed by atoms with van der Waals surface area (Å²) in [6, 6.07) is 5.68. The Morgan fingerprint density at radius 3 is 2.50 bits per heavy atom. The average molecular weight is 279 g/mol. The Kier molecular flexibility index (Phi) is 4.45. The summed E-state index contributed by atoms with van der Waals surface area (Å²) in [5.74, 6) is 0.975. The van der Waals surface area contributed by atoms with E-state index in [9.17, 15) is 8.78 Å². The molecule has 0 atom stereocenters. The van der Waals surface area contributed by atoms with Gasteiger partial charge < -0.3 is 10.1 Å². The Balaban J connectivity index is 2.17. The predicted molar refractivity (Wildman–Crippen MR) is 73.3 cm³/mol. The maximum absolute atomic E-state index is 12.1. The number of methoxy groups -OCH3 is 1. The largest absolute Gasteiger partial charge is 0.497 e. The van der Waals surface area contributed by atoms with Crippen molar-refractivity contribution in [2.45, 2.75) is 13.3 Å². The molecule has 1 heterocycles. The number of ether oxygens (including phenoxy) is 1. The molecule has 0 aliphatic rings. The van der Waals surface area contributed by atoms with Gasteiger partial charge in [-0.25, -0.2) is 18.7 Å². The van der Waals surface area contributed by atoms with Crippen LogP contribution in [0.1, 0.15) is 5.56 Å². The highest BCUT2D eigenvalue weighted by atomic mass is 19.3. The third-order valence-electron chi connectivity index (χ3n) is 2.81. The van der Waals surface area contributed by atoms with E-state index in [2.05, 4.69) is 15.3 Å². The second-order valence-electron chi connectivity index (χ2n) is 4.25. The van der Waals surface area contributed by atoms with Gasteiger partial charge in [-0.05, 0) is 30.2 Å². The molecule has 2 aromatic rings. The van der Waals surface area contributed by atoms with Crippen molar-refractivity contribution in [2.75, 3.05) is 19.0 Å². The molecule has 0 unspecified atom stereocenters. The van der Waals surface area contributed by atoms with Crippen LogP contribution in [-0.4, -0.2) is 30.0 Å². The highest BCUT2D eigenvalue weighted by Crippen LogP contribution is 2.26. The van der Waals surface area contributed by atoms with Crippen molar-refractivity contribution in [3.05, 3.63) is 36.2 Å². The molecule has 1 N–H and O–H groups in total. The maximum Gasteiger partial charge on any atom is 0.255 e. The number of aryl methyl sites for hydroxylation is 1. The van der Waals surface area contributed by atoms with Crippen LogP contribution in [0.3, 0.4) is 0 Å². The maximum atomic E-state index is 12.1. The molecule has 0 aliphatic carbocycles. The quantitative estimate of drug-likeness (QED) is 0.913. The molecule has 0 aliphatic heterocycles. The number of hydrogen-bond donors (Lipinski definition) is 1. The molecule has 20 heavy (non-hydrogen) atoms. The third kappa shape index (κ3) is 3.40. The lowest BCUT2D eigenvalue weighted by molar-refractivity contribution is 0.163. The Morgan fingerprint density at radius 2 is 1.95 bits per heavy atom. The molecule has 0 saturated carbocycles. The number of nitrogens with one attached hydrogen (secondary N) is 1. The van der Waals surface area contributed by atoms with Gasteiger partial charge in [-0.3, -0.25) is 0 Å². The molecule has 0 saturated heterocycles. The topological polar surface area (TPSA) is 47.0 Å². The van der Waals surface area contributed by atoms with Crippen LogP contribution >= 0.6 is 0 Å². The van der Waals surface area contributed by atoms with Gasteiger partial charge in [-0.2, -0.15) is 0 Å². The van der Waals surface area contributed by atoms with E-state index in [-0.39, 0.29) is 5.95 Å². The van der Waals surface area contributed by atoms with E-state index in [1.54, 1.807) is 19.5 Å². The summed E-state index contributed by atoms with van der Waals surface area (Å²) in [6.07, 6.45) is 0.785. The van der Waals surface area contributed by atoms with E-state index >= 15 is 0 Å². The summed E-state index contributed by atoms with van der Waals surface area (Å²) in [5.41, 5.74) is 2.83. The highest BCUT2D eigenvalue weighted by Gasteiger charge is 2.06. The average Bonchev–Trinajstić information content (AvgIpc) is 2.45. The smallest absolute Gasteiger partial charge is 0.255 e. The van der Waals surface area contributed by atoms with Crippen molar-refractivity contribution < 1.29 is 13.5 Å². The number of aromatic nitrogens is 2. The molecule has 4 nitrogen and oxygen atoms in total. The highest BCUT2D eigenvalue weighted by molar-refractivity contribution is 5.67. The Morgan fingerprint density at radius 1 is 1.25 bits per heavy atom. The molecular weight excluding hydrogens is 264 g/mol. The molecule has 0 bridgehead atoms. The van der Waals surface area contributed by atoms with E-state index in [0.717, 1.165) is 22.4 Å². The standard InChI is InChI=1S/C14H15F2N3O/c1-9-5-11(20-2)3-4-12(9)10-6-17-14(18-7-10)19-8-13(15)16/h3-7,13H,8H2,1-2H3,(H,17,18,19). The van der Waals surface area contributed by atoms with Gasteiger partial charge in [0.15, 0.2) is 0 Å². The summed E-state index contributed by atoms with van der Waals surface area (Å²) in [7, 11) is 1.61. The first kappa shape index (κ1) is 14.2. The number of nitrogens with zero attached hydrogens (tertiary/aromatic N) is 2. The van der Waals surface area contributed by atoms with Crippen LogP contribution in [-0.2, 0) is 0 Å². The van der Waals surface area contributed by atoms with Crippen molar-refractivity contribution in [3.63, 3.8) is 0 Å². The zero-order chi connectivity index (χ0) is 14.5. The summed E-state index contributed by atoms with van der Waals surface area (Å²) >= 11 is 0. The van der Waals surface area contributed by atoms with Crippen LogP contribution in [0.4, 0.5) is 14.7 Å². The number of hydrogen-bond acceptors (Lipinski definition) is 4.